The van der Waals surface area contributed by atoms with E-state index in [2.05, 4.69) is 0 Å². The molecule has 14 nitrogen and oxygen atoms in total. The first-order valence-electron chi connectivity index (χ1n) is 13.8. The lowest BCUT2D eigenvalue weighted by atomic mass is 9.94. The Kier molecular flexibility index (Phi) is 9.90. The standard InChI is InChI=1S/C30H32N2O12S4/c1-17-9-23(10-18(2)29(17)31)24-11-19(3)30(20(4)12-24)32(15-21-5-7-25(45(33,34)35)13-27(21)47(39,40)41)16-22-6-8-26(46(36,37)38)14-28(22)48(42,43)44/h5-14H,15-16,31H2,1-4H3,(H,33,34,35)(H,36,37,38)(H,39,40,41)(H,42,43,44). The average Bonchev–Trinajstić information content (AvgIpc) is 2.93. The Balaban J connectivity index is 1.98. The number of hydrogen-bond acceptors (Lipinski definition) is 10. The summed E-state index contributed by atoms with van der Waals surface area (Å²) in [5, 5.41) is 0. The Hall–Kier alpha value is -3.88. The third kappa shape index (κ3) is 8.04. The fourth-order valence-electron chi connectivity index (χ4n) is 5.52. The summed E-state index contributed by atoms with van der Waals surface area (Å²) in [5.41, 5.74) is 11.4. The van der Waals surface area contributed by atoms with Crippen LogP contribution in [0.2, 0.25) is 0 Å². The van der Waals surface area contributed by atoms with Crippen LogP contribution in [-0.2, 0) is 53.6 Å². The van der Waals surface area contributed by atoms with Crippen molar-refractivity contribution < 1.29 is 51.9 Å². The van der Waals surface area contributed by atoms with Gasteiger partial charge in [-0.05, 0) is 121 Å². The van der Waals surface area contributed by atoms with Gasteiger partial charge in [0.25, 0.3) is 40.5 Å². The number of anilines is 2. The van der Waals surface area contributed by atoms with Crippen LogP contribution in [0.4, 0.5) is 11.4 Å². The van der Waals surface area contributed by atoms with E-state index in [0.717, 1.165) is 46.5 Å². The smallest absolute Gasteiger partial charge is 0.294 e. The van der Waals surface area contributed by atoms with Crippen LogP contribution < -0.4 is 10.6 Å². The molecule has 4 aromatic rings. The van der Waals surface area contributed by atoms with Crippen molar-refractivity contribution >= 4 is 51.8 Å². The number of rotatable bonds is 10. The maximum absolute atomic E-state index is 12.4. The predicted molar refractivity (Wildman–Crippen MR) is 177 cm³/mol. The van der Waals surface area contributed by atoms with Crippen LogP contribution in [0.1, 0.15) is 33.4 Å². The zero-order chi connectivity index (χ0) is 36.1. The van der Waals surface area contributed by atoms with E-state index in [1.165, 1.54) is 4.90 Å². The van der Waals surface area contributed by atoms with Gasteiger partial charge in [0, 0.05) is 24.5 Å². The molecular formula is C30H32N2O12S4. The second kappa shape index (κ2) is 12.9. The minimum atomic E-state index is -5.09. The molecule has 258 valence electrons. The van der Waals surface area contributed by atoms with Crippen molar-refractivity contribution in [1.29, 1.82) is 0 Å². The summed E-state index contributed by atoms with van der Waals surface area (Å²) in [6, 6.07) is 12.5. The number of benzene rings is 4. The molecule has 0 bridgehead atoms. The molecule has 0 aliphatic heterocycles. The molecule has 0 unspecified atom stereocenters. The Bertz CT molecular complexity index is 2250. The molecule has 0 heterocycles. The minimum Gasteiger partial charge on any atom is -0.398 e. The minimum absolute atomic E-state index is 0.166. The van der Waals surface area contributed by atoms with Crippen LogP contribution in [0.3, 0.4) is 0 Å². The van der Waals surface area contributed by atoms with Gasteiger partial charge in [0.15, 0.2) is 0 Å². The second-order valence-electron chi connectivity index (χ2n) is 11.3. The van der Waals surface area contributed by atoms with Crippen molar-refractivity contribution in [2.45, 2.75) is 60.4 Å². The molecule has 0 radical (unpaired) electrons. The van der Waals surface area contributed by atoms with Crippen molar-refractivity contribution in [3.63, 3.8) is 0 Å². The van der Waals surface area contributed by atoms with Crippen LogP contribution in [0.5, 0.6) is 0 Å². The summed E-state index contributed by atoms with van der Waals surface area (Å²) in [5.74, 6) is 0. The lowest BCUT2D eigenvalue weighted by Gasteiger charge is -2.30. The average molecular weight is 741 g/mol. The van der Waals surface area contributed by atoms with Crippen LogP contribution in [0, 0.1) is 27.7 Å². The van der Waals surface area contributed by atoms with Crippen LogP contribution in [0.15, 0.2) is 80.2 Å². The highest BCUT2D eigenvalue weighted by Gasteiger charge is 2.26. The van der Waals surface area contributed by atoms with Crippen molar-refractivity contribution in [1.82, 2.24) is 0 Å². The van der Waals surface area contributed by atoms with E-state index in [1.54, 1.807) is 13.8 Å². The molecule has 0 aliphatic rings. The molecule has 0 saturated carbocycles. The molecule has 4 aromatic carbocycles. The Labute approximate surface area is 278 Å². The Morgan fingerprint density at radius 2 is 0.854 bits per heavy atom. The van der Waals surface area contributed by atoms with Gasteiger partial charge in [-0.3, -0.25) is 18.2 Å². The first-order valence-corrected chi connectivity index (χ1v) is 19.5. The largest absolute Gasteiger partial charge is 0.398 e. The molecule has 4 rings (SSSR count). The van der Waals surface area contributed by atoms with E-state index in [0.29, 0.717) is 34.6 Å². The zero-order valence-corrected chi connectivity index (χ0v) is 29.2. The monoisotopic (exact) mass is 740 g/mol. The van der Waals surface area contributed by atoms with Crippen molar-refractivity contribution in [3.8, 4) is 11.1 Å². The van der Waals surface area contributed by atoms with Crippen molar-refractivity contribution in [3.05, 3.63) is 94.0 Å². The normalized spacial score (nSPS) is 12.7. The number of nitrogens with zero attached hydrogens (tertiary/aromatic N) is 1. The second-order valence-corrected chi connectivity index (χ2v) is 16.9. The van der Waals surface area contributed by atoms with Crippen LogP contribution in [0.25, 0.3) is 11.1 Å². The molecule has 48 heavy (non-hydrogen) atoms. The van der Waals surface area contributed by atoms with E-state index in [9.17, 15) is 51.9 Å². The summed E-state index contributed by atoms with van der Waals surface area (Å²) in [7, 11) is -19.9. The zero-order valence-electron chi connectivity index (χ0n) is 25.9. The summed E-state index contributed by atoms with van der Waals surface area (Å²) in [6.07, 6.45) is 0. The number of aryl methyl sites for hydroxylation is 4. The highest BCUT2D eigenvalue weighted by atomic mass is 32.2. The van der Waals surface area contributed by atoms with E-state index in [-0.39, 0.29) is 11.1 Å². The summed E-state index contributed by atoms with van der Waals surface area (Å²) >= 11 is 0. The van der Waals surface area contributed by atoms with Gasteiger partial charge in [0.05, 0.1) is 9.79 Å². The molecule has 0 spiro atoms. The van der Waals surface area contributed by atoms with E-state index in [1.807, 2.05) is 38.1 Å². The number of hydrogen-bond donors (Lipinski definition) is 5. The topological polar surface area (TPSA) is 247 Å². The maximum Gasteiger partial charge on any atom is 0.294 e. The fourth-order valence-corrected chi connectivity index (χ4v) is 8.16. The highest BCUT2D eigenvalue weighted by Crippen LogP contribution is 2.36. The van der Waals surface area contributed by atoms with Gasteiger partial charge in [0.1, 0.15) is 9.79 Å². The summed E-state index contributed by atoms with van der Waals surface area (Å²) in [4.78, 5) is -1.88. The molecule has 0 saturated heterocycles. The van der Waals surface area contributed by atoms with Gasteiger partial charge >= 0.3 is 0 Å². The molecule has 0 aliphatic carbocycles. The Morgan fingerprint density at radius 3 is 1.17 bits per heavy atom. The SMILES string of the molecule is Cc1cc(-c2cc(C)c(N(Cc3ccc(S(=O)(=O)O)cc3S(=O)(=O)O)Cc3ccc(S(=O)(=O)O)cc3S(=O)(=O)O)c(C)c2)cc(C)c1N. The Morgan fingerprint density at radius 1 is 0.521 bits per heavy atom. The number of nitrogens with two attached hydrogens (primary N) is 1. The van der Waals surface area contributed by atoms with Gasteiger partial charge in [-0.2, -0.15) is 33.7 Å². The van der Waals surface area contributed by atoms with Crippen molar-refractivity contribution in [2.24, 2.45) is 0 Å². The summed E-state index contributed by atoms with van der Waals surface area (Å²) in [6.45, 7) is 6.34. The maximum atomic E-state index is 12.4. The van der Waals surface area contributed by atoms with Gasteiger partial charge in [0.2, 0.25) is 0 Å². The molecule has 6 N–H and O–H groups in total. The van der Waals surface area contributed by atoms with Gasteiger partial charge in [-0.25, -0.2) is 0 Å². The third-order valence-electron chi connectivity index (χ3n) is 7.69. The predicted octanol–water partition coefficient (Wildman–Crippen LogP) is 4.36. The first kappa shape index (κ1) is 36.9. The number of nitrogen functional groups attached to an aromatic ring is 1. The molecule has 0 aromatic heterocycles. The quantitative estimate of drug-likeness (QED) is 0.112. The van der Waals surface area contributed by atoms with E-state index < -0.39 is 73.1 Å². The third-order valence-corrected chi connectivity index (χ3v) is 11.3. The van der Waals surface area contributed by atoms with Gasteiger partial charge in [-0.1, -0.05) is 12.1 Å². The van der Waals surface area contributed by atoms with Crippen LogP contribution in [-0.4, -0.2) is 51.9 Å². The molecular weight excluding hydrogens is 709 g/mol. The molecule has 0 amide bonds. The fraction of sp³-hybridized carbons (Fsp3) is 0.200. The summed E-state index contributed by atoms with van der Waals surface area (Å²) < 4.78 is 136. The van der Waals surface area contributed by atoms with E-state index in [4.69, 9.17) is 5.73 Å². The highest BCUT2D eigenvalue weighted by molar-refractivity contribution is 7.87. The van der Waals surface area contributed by atoms with Crippen molar-refractivity contribution in [2.75, 3.05) is 10.6 Å². The lowest BCUT2D eigenvalue weighted by Crippen LogP contribution is -2.26. The van der Waals surface area contributed by atoms with Gasteiger partial charge < -0.3 is 10.6 Å². The van der Waals surface area contributed by atoms with Gasteiger partial charge in [-0.15, -0.1) is 0 Å². The molecule has 0 fully saturated rings. The van der Waals surface area contributed by atoms with E-state index >= 15 is 0 Å². The molecule has 18 heteroatoms. The lowest BCUT2D eigenvalue weighted by molar-refractivity contribution is 0.476. The first-order chi connectivity index (χ1) is 21.9. The van der Waals surface area contributed by atoms with Crippen LogP contribution >= 0.6 is 0 Å². The molecule has 0 atom stereocenters.